The topological polar surface area (TPSA) is 123 Å². The summed E-state index contributed by atoms with van der Waals surface area (Å²) in [7, 11) is 0. The molecular weight excluding hydrogens is 304 g/mol. The van der Waals surface area contributed by atoms with E-state index in [1.165, 1.54) is 0 Å². The van der Waals surface area contributed by atoms with E-state index in [0.717, 1.165) is 5.56 Å². The maximum Gasteiger partial charge on any atom is 0.273 e. The third-order valence-electron chi connectivity index (χ3n) is 3.58. The third-order valence-corrected chi connectivity index (χ3v) is 3.58. The molecule has 3 aromatic rings. The molecule has 0 aliphatic rings. The van der Waals surface area contributed by atoms with Gasteiger partial charge in [-0.2, -0.15) is 5.10 Å². The number of anilines is 1. The van der Waals surface area contributed by atoms with Crippen molar-refractivity contribution in [1.82, 2.24) is 15.2 Å². The minimum Gasteiger partial charge on any atom is -0.398 e. The van der Waals surface area contributed by atoms with Gasteiger partial charge in [-0.05, 0) is 17.7 Å². The summed E-state index contributed by atoms with van der Waals surface area (Å²) in [6.45, 7) is 0. The van der Waals surface area contributed by atoms with Gasteiger partial charge in [-0.1, -0.05) is 42.5 Å². The molecule has 7 nitrogen and oxygen atoms in total. The van der Waals surface area contributed by atoms with Crippen LogP contribution >= 0.6 is 0 Å². The summed E-state index contributed by atoms with van der Waals surface area (Å²) in [6, 6.07) is 16.5. The van der Waals surface area contributed by atoms with Gasteiger partial charge in [-0.3, -0.25) is 4.79 Å². The SMILES string of the molecule is N/N=C(\Cc1nnc(-c2ccccc2N)[nH]c1=O)c1ccccc1. The maximum atomic E-state index is 12.3. The number of nitrogens with one attached hydrogen (secondary N) is 1. The van der Waals surface area contributed by atoms with Crippen molar-refractivity contribution in [2.45, 2.75) is 6.42 Å². The Labute approximate surface area is 138 Å². The normalized spacial score (nSPS) is 11.4. The van der Waals surface area contributed by atoms with Crippen molar-refractivity contribution < 1.29 is 0 Å². The highest BCUT2D eigenvalue weighted by Crippen LogP contribution is 2.20. The first-order chi connectivity index (χ1) is 11.7. The van der Waals surface area contributed by atoms with Crippen LogP contribution in [0.2, 0.25) is 0 Å². The number of nitrogen functional groups attached to an aromatic ring is 1. The number of hydrogen-bond donors (Lipinski definition) is 3. The van der Waals surface area contributed by atoms with Crippen LogP contribution in [0.15, 0.2) is 64.5 Å². The molecule has 0 saturated carbocycles. The summed E-state index contributed by atoms with van der Waals surface area (Å²) in [4.78, 5) is 15.0. The number of benzene rings is 2. The second-order valence-electron chi connectivity index (χ2n) is 5.16. The average Bonchev–Trinajstić information content (AvgIpc) is 2.62. The number of nitrogens with zero attached hydrogens (tertiary/aromatic N) is 3. The van der Waals surface area contributed by atoms with E-state index in [2.05, 4.69) is 20.3 Å². The second-order valence-corrected chi connectivity index (χ2v) is 5.16. The zero-order chi connectivity index (χ0) is 16.9. The number of para-hydroxylation sites is 1. The number of rotatable bonds is 4. The second kappa shape index (κ2) is 6.74. The zero-order valence-corrected chi connectivity index (χ0v) is 12.8. The van der Waals surface area contributed by atoms with E-state index in [-0.39, 0.29) is 17.7 Å². The molecule has 7 heteroatoms. The van der Waals surface area contributed by atoms with E-state index in [0.29, 0.717) is 22.8 Å². The molecule has 0 fully saturated rings. The smallest absolute Gasteiger partial charge is 0.273 e. The van der Waals surface area contributed by atoms with Crippen LogP contribution in [0.25, 0.3) is 11.4 Å². The monoisotopic (exact) mass is 320 g/mol. The Balaban J connectivity index is 1.91. The Hall–Kier alpha value is -3.48. The largest absolute Gasteiger partial charge is 0.398 e. The van der Waals surface area contributed by atoms with Gasteiger partial charge in [0.25, 0.3) is 5.56 Å². The lowest BCUT2D eigenvalue weighted by Crippen LogP contribution is -2.22. The van der Waals surface area contributed by atoms with Gasteiger partial charge in [0.15, 0.2) is 5.82 Å². The standard InChI is InChI=1S/C17H16N6O/c18-13-9-5-4-8-12(13)16-20-17(24)15(22-23-16)10-14(21-19)11-6-2-1-3-7-11/h1-9H,10,18-19H2,(H,20,23,24)/b21-14+. The minimum absolute atomic E-state index is 0.188. The number of hydrazone groups is 1. The predicted octanol–water partition coefficient (Wildman–Crippen LogP) is 1.32. The number of aromatic amines is 1. The fraction of sp³-hybridized carbons (Fsp3) is 0.0588. The van der Waals surface area contributed by atoms with Crippen LogP contribution in [0.1, 0.15) is 11.3 Å². The van der Waals surface area contributed by atoms with E-state index >= 15 is 0 Å². The molecule has 0 radical (unpaired) electrons. The van der Waals surface area contributed by atoms with Gasteiger partial charge >= 0.3 is 0 Å². The average molecular weight is 320 g/mol. The van der Waals surface area contributed by atoms with Gasteiger partial charge in [-0.25, -0.2) is 0 Å². The molecule has 0 spiro atoms. The van der Waals surface area contributed by atoms with Crippen LogP contribution in [0.4, 0.5) is 5.69 Å². The minimum atomic E-state index is -0.347. The van der Waals surface area contributed by atoms with Crippen LogP contribution in [0, 0.1) is 0 Å². The van der Waals surface area contributed by atoms with E-state index in [9.17, 15) is 4.79 Å². The molecule has 0 amide bonds. The van der Waals surface area contributed by atoms with E-state index in [1.807, 2.05) is 42.5 Å². The Morgan fingerprint density at radius 3 is 2.42 bits per heavy atom. The fourth-order valence-corrected chi connectivity index (χ4v) is 2.32. The van der Waals surface area contributed by atoms with Crippen LogP contribution < -0.4 is 17.1 Å². The lowest BCUT2D eigenvalue weighted by molar-refractivity contribution is 0.889. The molecule has 0 unspecified atom stereocenters. The highest BCUT2D eigenvalue weighted by atomic mass is 16.1. The van der Waals surface area contributed by atoms with Crippen molar-refractivity contribution >= 4 is 11.4 Å². The summed E-state index contributed by atoms with van der Waals surface area (Å²) in [5.41, 5.74) is 8.32. The third kappa shape index (κ3) is 3.14. The summed E-state index contributed by atoms with van der Waals surface area (Å²) >= 11 is 0. The molecular formula is C17H16N6O. The first-order valence-corrected chi connectivity index (χ1v) is 7.32. The lowest BCUT2D eigenvalue weighted by atomic mass is 10.1. The van der Waals surface area contributed by atoms with E-state index < -0.39 is 0 Å². The van der Waals surface area contributed by atoms with Crippen LogP contribution in [0.5, 0.6) is 0 Å². The Kier molecular flexibility index (Phi) is 4.33. The van der Waals surface area contributed by atoms with Gasteiger partial charge in [0.1, 0.15) is 5.69 Å². The van der Waals surface area contributed by atoms with Crippen LogP contribution in [0.3, 0.4) is 0 Å². The molecule has 5 N–H and O–H groups in total. The molecule has 24 heavy (non-hydrogen) atoms. The maximum absolute atomic E-state index is 12.3. The number of nitrogens with two attached hydrogens (primary N) is 2. The predicted molar refractivity (Wildman–Crippen MR) is 93.4 cm³/mol. The molecule has 120 valence electrons. The van der Waals surface area contributed by atoms with Crippen LogP contribution in [-0.4, -0.2) is 20.9 Å². The fourth-order valence-electron chi connectivity index (χ4n) is 2.32. The summed E-state index contributed by atoms with van der Waals surface area (Å²) in [6.07, 6.45) is 0.188. The Morgan fingerprint density at radius 1 is 1.04 bits per heavy atom. The van der Waals surface area contributed by atoms with Crippen molar-refractivity contribution in [2.75, 3.05) is 5.73 Å². The quantitative estimate of drug-likeness (QED) is 0.289. The number of aromatic nitrogens is 3. The Morgan fingerprint density at radius 2 is 1.75 bits per heavy atom. The lowest BCUT2D eigenvalue weighted by Gasteiger charge is -2.06. The Bertz CT molecular complexity index is 933. The van der Waals surface area contributed by atoms with Gasteiger partial charge in [0.2, 0.25) is 0 Å². The first-order valence-electron chi connectivity index (χ1n) is 7.32. The highest BCUT2D eigenvalue weighted by molar-refractivity contribution is 6.01. The van der Waals surface area contributed by atoms with Gasteiger partial charge in [0, 0.05) is 17.7 Å². The summed E-state index contributed by atoms with van der Waals surface area (Å²) in [5.74, 6) is 5.78. The first kappa shape index (κ1) is 15.4. The van der Waals surface area contributed by atoms with Crippen molar-refractivity contribution in [3.63, 3.8) is 0 Å². The zero-order valence-electron chi connectivity index (χ0n) is 12.8. The van der Waals surface area contributed by atoms with Crippen molar-refractivity contribution in [2.24, 2.45) is 10.9 Å². The highest BCUT2D eigenvalue weighted by Gasteiger charge is 2.12. The molecule has 1 aromatic heterocycles. The molecule has 0 saturated heterocycles. The van der Waals surface area contributed by atoms with Crippen LogP contribution in [-0.2, 0) is 6.42 Å². The molecule has 3 rings (SSSR count). The van der Waals surface area contributed by atoms with Gasteiger partial charge < -0.3 is 16.6 Å². The van der Waals surface area contributed by atoms with Crippen molar-refractivity contribution in [3.8, 4) is 11.4 Å². The molecule has 2 aromatic carbocycles. The molecule has 0 aliphatic carbocycles. The van der Waals surface area contributed by atoms with Crippen molar-refractivity contribution in [1.29, 1.82) is 0 Å². The molecule has 0 atom stereocenters. The number of hydrogen-bond acceptors (Lipinski definition) is 6. The summed E-state index contributed by atoms with van der Waals surface area (Å²) < 4.78 is 0. The molecule has 1 heterocycles. The van der Waals surface area contributed by atoms with Gasteiger partial charge in [-0.15, -0.1) is 10.2 Å². The van der Waals surface area contributed by atoms with E-state index in [1.54, 1.807) is 12.1 Å². The number of H-pyrrole nitrogens is 1. The van der Waals surface area contributed by atoms with Gasteiger partial charge in [0.05, 0.1) is 5.71 Å². The summed E-state index contributed by atoms with van der Waals surface area (Å²) in [5, 5.41) is 11.9. The molecule has 0 aliphatic heterocycles. The molecule has 0 bridgehead atoms. The van der Waals surface area contributed by atoms with E-state index in [4.69, 9.17) is 11.6 Å². The van der Waals surface area contributed by atoms with Crippen molar-refractivity contribution in [3.05, 3.63) is 76.2 Å².